The molecule has 0 atom stereocenters. The Hall–Kier alpha value is -3.43. The highest BCUT2D eigenvalue weighted by Crippen LogP contribution is 2.25. The van der Waals surface area contributed by atoms with E-state index in [2.05, 4.69) is 10.9 Å². The fraction of sp³-hybridized carbons (Fsp3) is 0.200. The van der Waals surface area contributed by atoms with E-state index in [9.17, 15) is 14.4 Å². The second-order valence-electron chi connectivity index (χ2n) is 7.53. The first-order chi connectivity index (χ1) is 16.5. The number of hydrogen-bond acceptors (Lipinski definition) is 6. The number of carbonyl (C=O) groups is 2. The van der Waals surface area contributed by atoms with Crippen molar-refractivity contribution in [1.29, 1.82) is 0 Å². The van der Waals surface area contributed by atoms with E-state index in [1.807, 2.05) is 49.4 Å². The smallest absolute Gasteiger partial charge is 0.269 e. The SMILES string of the molecule is CCc1cc2c(=O)n(CCc3ccccc3)c(SCC(=O)NNC(=O)c3ccccc3)nc2s1. The average molecular weight is 493 g/mol. The molecule has 2 heterocycles. The maximum atomic E-state index is 13.3. The van der Waals surface area contributed by atoms with Crippen LogP contribution in [-0.2, 0) is 24.2 Å². The van der Waals surface area contributed by atoms with Crippen molar-refractivity contribution >= 4 is 45.1 Å². The zero-order valence-corrected chi connectivity index (χ0v) is 20.2. The normalized spacial score (nSPS) is 10.9. The van der Waals surface area contributed by atoms with Gasteiger partial charge >= 0.3 is 0 Å². The summed E-state index contributed by atoms with van der Waals surface area (Å²) in [6.07, 6.45) is 1.50. The highest BCUT2D eigenvalue weighted by atomic mass is 32.2. The molecule has 0 aliphatic rings. The van der Waals surface area contributed by atoms with Crippen molar-refractivity contribution in [2.24, 2.45) is 0 Å². The van der Waals surface area contributed by atoms with E-state index < -0.39 is 11.8 Å². The third-order valence-corrected chi connectivity index (χ3v) is 7.32. The van der Waals surface area contributed by atoms with Gasteiger partial charge in [0.2, 0.25) is 5.91 Å². The molecule has 0 unspecified atom stereocenters. The molecule has 7 nitrogen and oxygen atoms in total. The first kappa shape index (κ1) is 23.7. The van der Waals surface area contributed by atoms with Gasteiger partial charge in [0.1, 0.15) is 4.83 Å². The van der Waals surface area contributed by atoms with Gasteiger partial charge in [-0.15, -0.1) is 11.3 Å². The molecule has 0 saturated carbocycles. The third kappa shape index (κ3) is 5.73. The molecule has 2 aromatic heterocycles. The molecule has 0 spiro atoms. The number of aryl methyl sites for hydroxylation is 2. The molecule has 2 aromatic carbocycles. The van der Waals surface area contributed by atoms with E-state index >= 15 is 0 Å². The molecule has 0 aliphatic heterocycles. The van der Waals surface area contributed by atoms with E-state index in [0.29, 0.717) is 33.9 Å². The largest absolute Gasteiger partial charge is 0.287 e. The second kappa shape index (κ2) is 11.1. The predicted octanol–water partition coefficient (Wildman–Crippen LogP) is 3.82. The number of rotatable bonds is 8. The third-order valence-electron chi connectivity index (χ3n) is 5.17. The predicted molar refractivity (Wildman–Crippen MR) is 136 cm³/mol. The van der Waals surface area contributed by atoms with Crippen LogP contribution in [0.15, 0.2) is 76.7 Å². The van der Waals surface area contributed by atoms with Crippen LogP contribution in [0.4, 0.5) is 0 Å². The van der Waals surface area contributed by atoms with Gasteiger partial charge in [0.05, 0.1) is 11.1 Å². The Kier molecular flexibility index (Phi) is 7.76. The summed E-state index contributed by atoms with van der Waals surface area (Å²) in [6, 6.07) is 20.5. The Balaban J connectivity index is 1.48. The Morgan fingerprint density at radius 3 is 2.44 bits per heavy atom. The number of hydrogen-bond donors (Lipinski definition) is 2. The minimum atomic E-state index is -0.399. The molecule has 0 saturated heterocycles. The van der Waals surface area contributed by atoms with E-state index in [0.717, 1.165) is 16.9 Å². The van der Waals surface area contributed by atoms with Crippen molar-refractivity contribution in [1.82, 2.24) is 20.4 Å². The molecular formula is C25H24N4O3S2. The number of carbonyl (C=O) groups excluding carboxylic acids is 2. The van der Waals surface area contributed by atoms with Crippen molar-refractivity contribution in [3.63, 3.8) is 0 Å². The van der Waals surface area contributed by atoms with Crippen LogP contribution in [0.1, 0.15) is 27.7 Å². The molecule has 4 rings (SSSR count). The van der Waals surface area contributed by atoms with E-state index in [-0.39, 0.29) is 11.3 Å². The Bertz CT molecular complexity index is 1350. The van der Waals surface area contributed by atoms with Crippen molar-refractivity contribution in [3.8, 4) is 0 Å². The zero-order chi connectivity index (χ0) is 23.9. The summed E-state index contributed by atoms with van der Waals surface area (Å²) < 4.78 is 1.64. The molecular weight excluding hydrogens is 468 g/mol. The maximum Gasteiger partial charge on any atom is 0.269 e. The van der Waals surface area contributed by atoms with Crippen LogP contribution in [0.5, 0.6) is 0 Å². The van der Waals surface area contributed by atoms with Crippen molar-refractivity contribution in [3.05, 3.63) is 93.1 Å². The monoisotopic (exact) mass is 492 g/mol. The van der Waals surface area contributed by atoms with E-state index in [1.165, 1.54) is 23.1 Å². The quantitative estimate of drug-likeness (QED) is 0.222. The molecule has 0 aliphatic carbocycles. The average Bonchev–Trinajstić information content (AvgIpc) is 3.30. The van der Waals surface area contributed by atoms with Gasteiger partial charge in [-0.2, -0.15) is 0 Å². The van der Waals surface area contributed by atoms with Crippen LogP contribution < -0.4 is 16.4 Å². The lowest BCUT2D eigenvalue weighted by Crippen LogP contribution is -2.42. The lowest BCUT2D eigenvalue weighted by atomic mass is 10.1. The van der Waals surface area contributed by atoms with Crippen LogP contribution in [-0.4, -0.2) is 27.1 Å². The Morgan fingerprint density at radius 1 is 1.03 bits per heavy atom. The van der Waals surface area contributed by atoms with Gasteiger partial charge in [-0.3, -0.25) is 29.8 Å². The topological polar surface area (TPSA) is 93.1 Å². The van der Waals surface area contributed by atoms with Crippen LogP contribution in [0.2, 0.25) is 0 Å². The summed E-state index contributed by atoms with van der Waals surface area (Å²) in [5, 5.41) is 1.10. The second-order valence-corrected chi connectivity index (χ2v) is 9.59. The molecule has 9 heteroatoms. The molecule has 34 heavy (non-hydrogen) atoms. The van der Waals surface area contributed by atoms with Crippen LogP contribution >= 0.6 is 23.1 Å². The molecule has 2 N–H and O–H groups in total. The number of thioether (sulfide) groups is 1. The van der Waals surface area contributed by atoms with Gasteiger partial charge in [-0.1, -0.05) is 67.2 Å². The summed E-state index contributed by atoms with van der Waals surface area (Å²) in [6.45, 7) is 2.50. The standard InChI is InChI=1S/C25H24N4O3S2/c1-2-19-15-20-23(34-19)26-25(29(24(20)32)14-13-17-9-5-3-6-10-17)33-16-21(30)27-28-22(31)18-11-7-4-8-12-18/h3-12,15H,2,13-14,16H2,1H3,(H,27,30)(H,28,31). The maximum absolute atomic E-state index is 13.3. The summed E-state index contributed by atoms with van der Waals surface area (Å²) in [7, 11) is 0. The van der Waals surface area contributed by atoms with Gasteiger partial charge in [0.25, 0.3) is 11.5 Å². The number of fused-ring (bicyclic) bond motifs is 1. The number of benzene rings is 2. The van der Waals surface area contributed by atoms with Crippen LogP contribution in [0, 0.1) is 0 Å². The lowest BCUT2D eigenvalue weighted by molar-refractivity contribution is -0.119. The first-order valence-electron chi connectivity index (χ1n) is 10.9. The molecule has 0 radical (unpaired) electrons. The Morgan fingerprint density at radius 2 is 1.74 bits per heavy atom. The van der Waals surface area contributed by atoms with Crippen molar-refractivity contribution < 1.29 is 9.59 Å². The van der Waals surface area contributed by atoms with Gasteiger partial charge in [-0.25, -0.2) is 4.98 Å². The van der Waals surface area contributed by atoms with Crippen LogP contribution in [0.25, 0.3) is 10.2 Å². The number of aromatic nitrogens is 2. The summed E-state index contributed by atoms with van der Waals surface area (Å²) in [5.74, 6) is -0.785. The van der Waals surface area contributed by atoms with Crippen molar-refractivity contribution in [2.75, 3.05) is 5.75 Å². The number of thiophene rings is 1. The molecule has 2 amide bonds. The summed E-state index contributed by atoms with van der Waals surface area (Å²) in [5.41, 5.74) is 6.29. The fourth-order valence-corrected chi connectivity index (χ4v) is 5.20. The number of nitrogens with one attached hydrogen (secondary N) is 2. The summed E-state index contributed by atoms with van der Waals surface area (Å²) >= 11 is 2.68. The highest BCUT2D eigenvalue weighted by molar-refractivity contribution is 7.99. The van der Waals surface area contributed by atoms with Gasteiger partial charge < -0.3 is 0 Å². The zero-order valence-electron chi connectivity index (χ0n) is 18.6. The minimum absolute atomic E-state index is 0.00433. The lowest BCUT2D eigenvalue weighted by Gasteiger charge is -2.12. The number of amides is 2. The molecule has 4 aromatic rings. The first-order valence-corrected chi connectivity index (χ1v) is 12.7. The molecule has 0 fully saturated rings. The molecule has 174 valence electrons. The van der Waals surface area contributed by atoms with Gasteiger partial charge in [-0.05, 0) is 36.6 Å². The summed E-state index contributed by atoms with van der Waals surface area (Å²) in [4.78, 5) is 44.3. The van der Waals surface area contributed by atoms with Gasteiger partial charge in [0.15, 0.2) is 5.16 Å². The highest BCUT2D eigenvalue weighted by Gasteiger charge is 2.16. The van der Waals surface area contributed by atoms with Crippen LogP contribution in [0.3, 0.4) is 0 Å². The molecule has 0 bridgehead atoms. The van der Waals surface area contributed by atoms with Gasteiger partial charge in [0, 0.05) is 17.0 Å². The Labute approximate surface area is 205 Å². The van der Waals surface area contributed by atoms with E-state index in [1.54, 1.807) is 28.8 Å². The minimum Gasteiger partial charge on any atom is -0.287 e. The van der Waals surface area contributed by atoms with Crippen molar-refractivity contribution in [2.45, 2.75) is 31.5 Å². The number of nitrogens with zero attached hydrogens (tertiary/aromatic N) is 2. The fourth-order valence-electron chi connectivity index (χ4n) is 3.37. The van der Waals surface area contributed by atoms with E-state index in [4.69, 9.17) is 4.98 Å². The number of hydrazine groups is 1.